The number of halogens is 1. The molecular weight excluding hydrogens is 448 g/mol. The number of carbonyl (C=O) groups excluding carboxylic acids is 2. The lowest BCUT2D eigenvalue weighted by Gasteiger charge is -2.10. The Morgan fingerprint density at radius 3 is 2.35 bits per heavy atom. The highest BCUT2D eigenvalue weighted by Gasteiger charge is 2.30. The predicted octanol–water partition coefficient (Wildman–Crippen LogP) is 7.15. The Kier molecular flexibility index (Phi) is 5.74. The van der Waals surface area contributed by atoms with Gasteiger partial charge in [-0.25, -0.2) is 4.79 Å². The SMILES string of the molecule is Cc1c(OC(=O)c2cccc(Cl)c2)ccc2c1O/C(=C\c1ccc(-c3ccccc3)cc1)C2=O. The molecule has 0 spiro atoms. The molecule has 4 nitrogen and oxygen atoms in total. The molecule has 0 amide bonds. The van der Waals surface area contributed by atoms with Gasteiger partial charge in [-0.05, 0) is 60.0 Å². The molecule has 34 heavy (non-hydrogen) atoms. The summed E-state index contributed by atoms with van der Waals surface area (Å²) < 4.78 is 11.5. The Morgan fingerprint density at radius 2 is 1.62 bits per heavy atom. The lowest BCUT2D eigenvalue weighted by Crippen LogP contribution is -2.09. The summed E-state index contributed by atoms with van der Waals surface area (Å²) in [6.07, 6.45) is 1.72. The van der Waals surface area contributed by atoms with E-state index in [2.05, 4.69) is 0 Å². The molecule has 0 radical (unpaired) electrons. The van der Waals surface area contributed by atoms with Crippen LogP contribution in [-0.4, -0.2) is 11.8 Å². The highest BCUT2D eigenvalue weighted by atomic mass is 35.5. The molecule has 0 aliphatic carbocycles. The fourth-order valence-corrected chi connectivity index (χ4v) is 4.00. The largest absolute Gasteiger partial charge is 0.452 e. The third kappa shape index (κ3) is 4.24. The van der Waals surface area contributed by atoms with Crippen molar-refractivity contribution in [3.8, 4) is 22.6 Å². The van der Waals surface area contributed by atoms with Crippen LogP contribution in [0.15, 0.2) is 96.8 Å². The van der Waals surface area contributed by atoms with Gasteiger partial charge in [-0.1, -0.05) is 72.3 Å². The number of esters is 1. The van der Waals surface area contributed by atoms with Crippen molar-refractivity contribution in [2.24, 2.45) is 0 Å². The molecule has 5 heteroatoms. The van der Waals surface area contributed by atoms with E-state index in [1.165, 1.54) is 6.07 Å². The van der Waals surface area contributed by atoms with Crippen LogP contribution in [0.2, 0.25) is 5.02 Å². The Morgan fingerprint density at radius 1 is 0.882 bits per heavy atom. The first-order valence-corrected chi connectivity index (χ1v) is 11.1. The van der Waals surface area contributed by atoms with Gasteiger partial charge in [0, 0.05) is 10.6 Å². The first-order chi connectivity index (χ1) is 16.5. The summed E-state index contributed by atoms with van der Waals surface area (Å²) in [5.74, 6) is 0.199. The van der Waals surface area contributed by atoms with Crippen LogP contribution in [0, 0.1) is 6.92 Å². The van der Waals surface area contributed by atoms with Crippen molar-refractivity contribution < 1.29 is 19.1 Å². The Hall–Kier alpha value is -4.15. The molecule has 0 saturated carbocycles. The first-order valence-electron chi connectivity index (χ1n) is 10.7. The van der Waals surface area contributed by atoms with Gasteiger partial charge in [0.05, 0.1) is 11.1 Å². The zero-order valence-electron chi connectivity index (χ0n) is 18.2. The summed E-state index contributed by atoms with van der Waals surface area (Å²) in [7, 11) is 0. The zero-order chi connectivity index (χ0) is 23.7. The number of benzene rings is 4. The molecular formula is C29H19ClO4. The molecule has 0 bridgehead atoms. The summed E-state index contributed by atoms with van der Waals surface area (Å²) in [5, 5.41) is 0.445. The van der Waals surface area contributed by atoms with Crippen molar-refractivity contribution >= 4 is 29.4 Å². The topological polar surface area (TPSA) is 52.6 Å². The molecule has 0 unspecified atom stereocenters. The fraction of sp³-hybridized carbons (Fsp3) is 0.0345. The third-order valence-electron chi connectivity index (χ3n) is 5.62. The van der Waals surface area contributed by atoms with Crippen LogP contribution in [0.3, 0.4) is 0 Å². The Balaban J connectivity index is 1.37. The quantitative estimate of drug-likeness (QED) is 0.182. The third-order valence-corrected chi connectivity index (χ3v) is 5.85. The lowest BCUT2D eigenvalue weighted by molar-refractivity contribution is 0.0733. The minimum Gasteiger partial charge on any atom is -0.452 e. The molecule has 1 aliphatic rings. The summed E-state index contributed by atoms with van der Waals surface area (Å²) in [6, 6.07) is 27.7. The minimum absolute atomic E-state index is 0.210. The van der Waals surface area contributed by atoms with Crippen LogP contribution in [0.5, 0.6) is 11.5 Å². The fourth-order valence-electron chi connectivity index (χ4n) is 3.81. The number of fused-ring (bicyclic) bond motifs is 1. The number of ketones is 1. The molecule has 0 atom stereocenters. The second-order valence-electron chi connectivity index (χ2n) is 7.89. The smallest absolute Gasteiger partial charge is 0.343 e. The van der Waals surface area contributed by atoms with Crippen LogP contribution in [0.1, 0.15) is 31.8 Å². The number of hydrogen-bond donors (Lipinski definition) is 0. The van der Waals surface area contributed by atoms with Crippen LogP contribution in [0.25, 0.3) is 17.2 Å². The minimum atomic E-state index is -0.538. The summed E-state index contributed by atoms with van der Waals surface area (Å²) >= 11 is 5.97. The summed E-state index contributed by atoms with van der Waals surface area (Å²) in [5.41, 5.74) is 4.41. The first kappa shape index (κ1) is 21.7. The maximum atomic E-state index is 12.9. The van der Waals surface area contributed by atoms with Crippen molar-refractivity contribution in [2.45, 2.75) is 6.92 Å². The zero-order valence-corrected chi connectivity index (χ0v) is 19.0. The average Bonchev–Trinajstić information content (AvgIpc) is 3.17. The lowest BCUT2D eigenvalue weighted by atomic mass is 10.0. The van der Waals surface area contributed by atoms with Crippen LogP contribution >= 0.6 is 11.6 Å². The van der Waals surface area contributed by atoms with E-state index in [9.17, 15) is 9.59 Å². The maximum absolute atomic E-state index is 12.9. The molecule has 4 aromatic carbocycles. The van der Waals surface area contributed by atoms with Gasteiger partial charge in [-0.3, -0.25) is 4.79 Å². The molecule has 5 rings (SSSR count). The second-order valence-corrected chi connectivity index (χ2v) is 8.33. The van der Waals surface area contributed by atoms with E-state index in [0.29, 0.717) is 33.2 Å². The number of allylic oxidation sites excluding steroid dienone is 1. The number of rotatable bonds is 4. The van der Waals surface area contributed by atoms with Gasteiger partial charge in [0.25, 0.3) is 0 Å². The highest BCUT2D eigenvalue weighted by molar-refractivity contribution is 6.30. The standard InChI is InChI=1S/C29H19ClO4/c1-18-25(34-29(32)22-8-5-9-23(30)17-22)15-14-24-27(31)26(33-28(18)24)16-19-10-12-21(13-11-19)20-6-3-2-4-7-20/h2-17H,1H3/b26-16-. The molecule has 0 aromatic heterocycles. The van der Waals surface area contributed by atoms with E-state index in [0.717, 1.165) is 16.7 Å². The van der Waals surface area contributed by atoms with Crippen LogP contribution in [-0.2, 0) is 0 Å². The van der Waals surface area contributed by atoms with Gasteiger partial charge in [-0.2, -0.15) is 0 Å². The molecule has 166 valence electrons. The molecule has 0 saturated heterocycles. The van der Waals surface area contributed by atoms with Gasteiger partial charge >= 0.3 is 5.97 Å². The maximum Gasteiger partial charge on any atom is 0.343 e. The monoisotopic (exact) mass is 466 g/mol. The van der Waals surface area contributed by atoms with Crippen molar-refractivity contribution in [3.05, 3.63) is 124 Å². The van der Waals surface area contributed by atoms with E-state index < -0.39 is 5.97 Å². The van der Waals surface area contributed by atoms with Crippen LogP contribution in [0.4, 0.5) is 0 Å². The van der Waals surface area contributed by atoms with Gasteiger partial charge in [0.15, 0.2) is 5.76 Å². The van der Waals surface area contributed by atoms with Gasteiger partial charge < -0.3 is 9.47 Å². The van der Waals surface area contributed by atoms with Crippen molar-refractivity contribution in [2.75, 3.05) is 0 Å². The molecule has 4 aromatic rings. The molecule has 1 aliphatic heterocycles. The number of carbonyl (C=O) groups is 2. The number of Topliss-reactive ketones (excluding diaryl/α,β-unsaturated/α-hetero) is 1. The Labute approximate surface area is 202 Å². The highest BCUT2D eigenvalue weighted by Crippen LogP contribution is 2.39. The van der Waals surface area contributed by atoms with E-state index in [-0.39, 0.29) is 11.5 Å². The average molecular weight is 467 g/mol. The van der Waals surface area contributed by atoms with E-state index in [4.69, 9.17) is 21.1 Å². The van der Waals surface area contributed by atoms with E-state index >= 15 is 0 Å². The van der Waals surface area contributed by atoms with Crippen molar-refractivity contribution in [1.82, 2.24) is 0 Å². The number of ether oxygens (including phenoxy) is 2. The molecule has 0 fully saturated rings. The van der Waals surface area contributed by atoms with E-state index in [1.54, 1.807) is 43.3 Å². The molecule has 1 heterocycles. The van der Waals surface area contributed by atoms with Gasteiger partial charge in [0.2, 0.25) is 5.78 Å². The molecule has 0 N–H and O–H groups in total. The summed E-state index contributed by atoms with van der Waals surface area (Å²) in [6.45, 7) is 1.75. The summed E-state index contributed by atoms with van der Waals surface area (Å²) in [4.78, 5) is 25.4. The van der Waals surface area contributed by atoms with Gasteiger partial charge in [-0.15, -0.1) is 0 Å². The van der Waals surface area contributed by atoms with E-state index in [1.807, 2.05) is 54.6 Å². The second kappa shape index (κ2) is 9.00. The Bertz CT molecular complexity index is 1440. The van der Waals surface area contributed by atoms with Crippen molar-refractivity contribution in [3.63, 3.8) is 0 Å². The predicted molar refractivity (Wildman–Crippen MR) is 132 cm³/mol. The number of hydrogen-bond acceptors (Lipinski definition) is 4. The van der Waals surface area contributed by atoms with Gasteiger partial charge in [0.1, 0.15) is 11.5 Å². The van der Waals surface area contributed by atoms with Crippen molar-refractivity contribution in [1.29, 1.82) is 0 Å². The van der Waals surface area contributed by atoms with Crippen LogP contribution < -0.4 is 9.47 Å². The normalized spacial score (nSPS) is 13.5.